The fourth-order valence-electron chi connectivity index (χ4n) is 6.87. The van der Waals surface area contributed by atoms with E-state index in [1.807, 2.05) is 6.08 Å². The number of aryl methyl sites for hydroxylation is 1. The van der Waals surface area contributed by atoms with E-state index in [9.17, 15) is 0 Å². The topological polar surface area (TPSA) is 9.86 Å². The molecule has 0 unspecified atom stereocenters. The molecule has 8 aromatic rings. The Labute approximate surface area is 257 Å². The zero-order valence-corrected chi connectivity index (χ0v) is 25.0. The van der Waals surface area contributed by atoms with Crippen LogP contribution in [0.3, 0.4) is 0 Å². The van der Waals surface area contributed by atoms with Gasteiger partial charge in [-0.15, -0.1) is 0 Å². The van der Waals surface area contributed by atoms with E-state index in [-0.39, 0.29) is 0 Å². The Balaban J connectivity index is 1.40. The highest BCUT2D eigenvalue weighted by Crippen LogP contribution is 2.40. The number of benzene rings is 6. The summed E-state index contributed by atoms with van der Waals surface area (Å²) in [5.41, 5.74) is 10.8. The van der Waals surface area contributed by atoms with Crippen molar-refractivity contribution in [1.82, 2.24) is 9.13 Å². The van der Waals surface area contributed by atoms with Gasteiger partial charge >= 0.3 is 0 Å². The molecule has 2 nitrogen and oxygen atoms in total. The Morgan fingerprint density at radius 1 is 0.614 bits per heavy atom. The lowest BCUT2D eigenvalue weighted by atomic mass is 9.99. The normalized spacial score (nSPS) is 12.5. The Bertz CT molecular complexity index is 2460. The molecule has 0 amide bonds. The zero-order chi connectivity index (χ0) is 29.8. The predicted molar refractivity (Wildman–Crippen MR) is 191 cm³/mol. The molecule has 0 N–H and O–H groups in total. The minimum absolute atomic E-state index is 1.09. The molecule has 2 heteroatoms. The van der Waals surface area contributed by atoms with Crippen molar-refractivity contribution in [3.63, 3.8) is 0 Å². The third-order valence-corrected chi connectivity index (χ3v) is 8.84. The Kier molecular flexibility index (Phi) is 6.09. The number of fused-ring (bicyclic) bond motifs is 8. The summed E-state index contributed by atoms with van der Waals surface area (Å²) in [6.07, 6.45) is 8.19. The van der Waals surface area contributed by atoms with E-state index >= 15 is 0 Å². The van der Waals surface area contributed by atoms with Gasteiger partial charge in [-0.05, 0) is 96.4 Å². The van der Waals surface area contributed by atoms with Gasteiger partial charge in [0.25, 0.3) is 0 Å². The second kappa shape index (κ2) is 10.3. The van der Waals surface area contributed by atoms with E-state index in [0.717, 1.165) is 5.70 Å². The lowest BCUT2D eigenvalue weighted by molar-refractivity contribution is 1.17. The van der Waals surface area contributed by atoms with Gasteiger partial charge in [-0.3, -0.25) is 0 Å². The molecule has 0 aliphatic heterocycles. The van der Waals surface area contributed by atoms with Crippen molar-refractivity contribution in [1.29, 1.82) is 0 Å². The number of rotatable bonds is 5. The second-order valence-corrected chi connectivity index (χ2v) is 11.5. The average Bonchev–Trinajstić information content (AvgIpc) is 3.57. The Hall–Kier alpha value is -5.60. The molecule has 210 valence electrons. The first kappa shape index (κ1) is 26.1. The molecular weight excluding hydrogens is 532 g/mol. The molecule has 2 heterocycles. The fraction of sp³-hybridized carbons (Fsp3) is 0.0476. The maximum Gasteiger partial charge on any atom is 0.0547 e. The summed E-state index contributed by atoms with van der Waals surface area (Å²) >= 11 is 0. The predicted octanol–water partition coefficient (Wildman–Crippen LogP) is 11.6. The fourth-order valence-corrected chi connectivity index (χ4v) is 6.87. The lowest BCUT2D eigenvalue weighted by Gasteiger charge is -2.10. The molecule has 2 aromatic heterocycles. The molecule has 0 fully saturated rings. The van der Waals surface area contributed by atoms with Gasteiger partial charge in [0, 0.05) is 32.9 Å². The largest absolute Gasteiger partial charge is 0.309 e. The molecule has 0 spiro atoms. The van der Waals surface area contributed by atoms with Crippen molar-refractivity contribution in [2.45, 2.75) is 13.8 Å². The molecule has 0 saturated heterocycles. The number of nitrogens with zero attached hydrogens (tertiary/aromatic N) is 2. The van der Waals surface area contributed by atoms with Gasteiger partial charge in [0.1, 0.15) is 0 Å². The van der Waals surface area contributed by atoms with Gasteiger partial charge in [0.2, 0.25) is 0 Å². The summed E-state index contributed by atoms with van der Waals surface area (Å²) in [7, 11) is 0. The molecule has 0 saturated carbocycles. The van der Waals surface area contributed by atoms with Crippen molar-refractivity contribution in [3.05, 3.63) is 158 Å². The minimum atomic E-state index is 1.09. The van der Waals surface area contributed by atoms with E-state index in [0.29, 0.717) is 0 Å². The van der Waals surface area contributed by atoms with Crippen LogP contribution in [0, 0.1) is 6.92 Å². The summed E-state index contributed by atoms with van der Waals surface area (Å²) < 4.78 is 4.74. The third kappa shape index (κ3) is 3.95. The van der Waals surface area contributed by atoms with E-state index in [1.54, 1.807) is 0 Å². The first-order valence-corrected chi connectivity index (χ1v) is 15.2. The Morgan fingerprint density at radius 2 is 1.27 bits per heavy atom. The van der Waals surface area contributed by atoms with Gasteiger partial charge in [0.15, 0.2) is 0 Å². The Morgan fingerprint density at radius 3 is 2.05 bits per heavy atom. The molecular formula is C42H32N2. The summed E-state index contributed by atoms with van der Waals surface area (Å²) in [6, 6.07) is 44.5. The van der Waals surface area contributed by atoms with Crippen LogP contribution < -0.4 is 0 Å². The number of hydrogen-bond donors (Lipinski definition) is 0. The van der Waals surface area contributed by atoms with Crippen LogP contribution in [0.2, 0.25) is 0 Å². The number of allylic oxidation sites excluding steroid dienone is 5. The van der Waals surface area contributed by atoms with Crippen molar-refractivity contribution < 1.29 is 0 Å². The first-order valence-electron chi connectivity index (χ1n) is 15.2. The van der Waals surface area contributed by atoms with Crippen LogP contribution >= 0.6 is 0 Å². The number of para-hydroxylation sites is 1. The maximum absolute atomic E-state index is 4.00. The molecule has 0 atom stereocenters. The molecule has 6 aromatic carbocycles. The van der Waals surface area contributed by atoms with Crippen LogP contribution in [-0.4, -0.2) is 9.13 Å². The number of aromatic nitrogens is 2. The number of hydrogen-bond acceptors (Lipinski definition) is 0. The SMILES string of the molecule is C=C/C=C(\C=C/C)n1c2ccc(-c3ccc4c(c3)c3ccccc3n4-c3ccc(C)cc3)cc2c2c3ccccc3ccc21. The minimum Gasteiger partial charge on any atom is -0.309 e. The van der Waals surface area contributed by atoms with Gasteiger partial charge in [-0.2, -0.15) is 0 Å². The van der Waals surface area contributed by atoms with Crippen LogP contribution in [-0.2, 0) is 0 Å². The lowest BCUT2D eigenvalue weighted by Crippen LogP contribution is -1.94. The van der Waals surface area contributed by atoms with Crippen molar-refractivity contribution >= 4 is 60.1 Å². The van der Waals surface area contributed by atoms with Crippen LogP contribution in [0.1, 0.15) is 12.5 Å². The zero-order valence-electron chi connectivity index (χ0n) is 25.0. The van der Waals surface area contributed by atoms with E-state index in [2.05, 4.69) is 169 Å². The average molecular weight is 565 g/mol. The van der Waals surface area contributed by atoms with Crippen molar-refractivity contribution in [2.24, 2.45) is 0 Å². The van der Waals surface area contributed by atoms with Crippen molar-refractivity contribution in [3.8, 4) is 16.8 Å². The smallest absolute Gasteiger partial charge is 0.0547 e. The molecule has 8 rings (SSSR count). The molecule has 44 heavy (non-hydrogen) atoms. The van der Waals surface area contributed by atoms with Crippen LogP contribution in [0.25, 0.3) is 76.9 Å². The van der Waals surface area contributed by atoms with Crippen LogP contribution in [0.4, 0.5) is 0 Å². The van der Waals surface area contributed by atoms with Gasteiger partial charge in [-0.1, -0.05) is 97.1 Å². The molecule has 0 aliphatic rings. The second-order valence-electron chi connectivity index (χ2n) is 11.5. The van der Waals surface area contributed by atoms with Crippen LogP contribution in [0.15, 0.2) is 152 Å². The first-order chi connectivity index (χ1) is 21.7. The van der Waals surface area contributed by atoms with Gasteiger partial charge in [0.05, 0.1) is 22.1 Å². The summed E-state index contributed by atoms with van der Waals surface area (Å²) in [4.78, 5) is 0. The van der Waals surface area contributed by atoms with Crippen LogP contribution in [0.5, 0.6) is 0 Å². The highest BCUT2D eigenvalue weighted by atomic mass is 15.0. The summed E-state index contributed by atoms with van der Waals surface area (Å²) in [5, 5.41) is 7.55. The van der Waals surface area contributed by atoms with Crippen molar-refractivity contribution in [2.75, 3.05) is 0 Å². The van der Waals surface area contributed by atoms with Gasteiger partial charge < -0.3 is 9.13 Å². The highest BCUT2D eigenvalue weighted by molar-refractivity contribution is 6.22. The molecule has 0 aliphatic carbocycles. The van der Waals surface area contributed by atoms with E-state index in [4.69, 9.17) is 0 Å². The summed E-state index contributed by atoms with van der Waals surface area (Å²) in [6.45, 7) is 8.20. The highest BCUT2D eigenvalue weighted by Gasteiger charge is 2.17. The molecule has 0 radical (unpaired) electrons. The van der Waals surface area contributed by atoms with E-state index in [1.165, 1.54) is 76.8 Å². The third-order valence-electron chi connectivity index (χ3n) is 8.84. The van der Waals surface area contributed by atoms with Gasteiger partial charge in [-0.25, -0.2) is 0 Å². The summed E-state index contributed by atoms with van der Waals surface area (Å²) in [5.74, 6) is 0. The maximum atomic E-state index is 4.00. The quantitative estimate of drug-likeness (QED) is 0.184. The standard InChI is InChI=1S/C42H32N2/c1-4-10-32(11-5-2)44-40-24-20-31(27-37(40)42-34-13-7-6-12-29(34)18-25-41(42)44)30-19-23-39-36(26-30)35-14-8-9-15-38(35)43(39)33-21-16-28(3)17-22-33/h4-27H,1H2,2-3H3/b11-5-,32-10+. The molecule has 0 bridgehead atoms. The monoisotopic (exact) mass is 564 g/mol. The van der Waals surface area contributed by atoms with E-state index < -0.39 is 0 Å².